The van der Waals surface area contributed by atoms with E-state index in [1.54, 1.807) is 67.0 Å². The number of carboxylic acid groups (broad SMARTS) is 1. The summed E-state index contributed by atoms with van der Waals surface area (Å²) in [5.74, 6) is -3.72. The first-order valence-corrected chi connectivity index (χ1v) is 25.4. The second kappa shape index (κ2) is 26.5. The fourth-order valence-corrected chi connectivity index (χ4v) is 9.11. The standard InChI is InChI=1S/C21H11Br2F8NO2.C10H5Br2F8NO.C10H6ClNO.C10H7NO2/c22-14-7-12(19(26,20(23,27)28)21(29,30)31)8-17(34-18(24)25)13(14)9-16(33)11-3-4-15-10(6-11)2-1-5-32-15;11-4-1-3(2-5(6(4)21)22-7(13)14)8(15,9(12,16)17)10(18,19)20;11-10(13)8-3-4-9-7(6-8)2-1-5-12-9;12-10(13)8-3-4-9-7(6-8)2-1-5-11-9/h1-8,18H,9H2;1-2,7H,21H2;1-6H;1-6H,(H,12,13). The number of Topliss-reactive ketones (excluding diaryl/α,β-unsaturated/α-hetero) is 1. The number of carbonyl (C=O) groups is 3. The van der Waals surface area contributed by atoms with Crippen molar-refractivity contribution in [3.63, 3.8) is 0 Å². The summed E-state index contributed by atoms with van der Waals surface area (Å²) in [6.07, 6.45) is -7.95. The number of carbonyl (C=O) groups excluding carboxylic acids is 2. The molecular formula is C51H29Br4ClF16N4O6. The fourth-order valence-electron chi connectivity index (χ4n) is 7.06. The lowest BCUT2D eigenvalue weighted by Crippen LogP contribution is -2.49. The number of nitrogen functional groups attached to an aromatic ring is 1. The number of aromatic carboxylic acids is 1. The minimum absolute atomic E-state index is 0.0366. The Morgan fingerprint density at radius 1 is 0.537 bits per heavy atom. The molecule has 3 N–H and O–H groups in total. The highest BCUT2D eigenvalue weighted by Gasteiger charge is 2.72. The van der Waals surface area contributed by atoms with Crippen molar-refractivity contribution in [3.05, 3.63) is 176 Å². The highest BCUT2D eigenvalue weighted by atomic mass is 79.9. The van der Waals surface area contributed by atoms with Gasteiger partial charge in [0, 0.05) is 77.9 Å². The van der Waals surface area contributed by atoms with Crippen LogP contribution in [0.25, 0.3) is 32.7 Å². The van der Waals surface area contributed by atoms with Gasteiger partial charge in [0.2, 0.25) is 0 Å². The summed E-state index contributed by atoms with van der Waals surface area (Å²) >= 11 is 13.4. The zero-order chi connectivity index (χ0) is 61.5. The number of benzene rings is 5. The van der Waals surface area contributed by atoms with Gasteiger partial charge in [-0.15, -0.1) is 0 Å². The highest BCUT2D eigenvalue weighted by molar-refractivity contribution is 9.11. The fraction of sp³-hybridized carbons (Fsp3) is 0.176. The molecule has 8 aromatic rings. The average Bonchev–Trinajstić information content (AvgIpc) is 3.41. The Bertz CT molecular complexity index is 3510. The van der Waals surface area contributed by atoms with Gasteiger partial charge in [0.05, 0.1) is 27.8 Å². The lowest BCUT2D eigenvalue weighted by Gasteiger charge is -2.32. The van der Waals surface area contributed by atoms with Crippen LogP contribution >= 0.6 is 75.3 Å². The molecule has 8 rings (SSSR count). The third-order valence-electron chi connectivity index (χ3n) is 11.0. The first-order valence-electron chi connectivity index (χ1n) is 21.9. The van der Waals surface area contributed by atoms with E-state index in [4.69, 9.17) is 22.4 Å². The Morgan fingerprint density at radius 2 is 0.902 bits per heavy atom. The second-order valence-corrected chi connectivity index (χ2v) is 20.3. The predicted octanol–water partition coefficient (Wildman–Crippen LogP) is 17.6. The highest BCUT2D eigenvalue weighted by Crippen LogP contribution is 2.58. The zero-order valence-corrected chi connectivity index (χ0v) is 47.0. The molecule has 31 heteroatoms. The van der Waals surface area contributed by atoms with Gasteiger partial charge in [-0.3, -0.25) is 24.5 Å². The van der Waals surface area contributed by atoms with E-state index in [0.717, 1.165) is 21.8 Å². The molecule has 2 atom stereocenters. The number of pyridine rings is 3. The molecular weight excluding hydrogens is 1420 g/mol. The largest absolute Gasteiger partial charge is 0.478 e. The van der Waals surface area contributed by atoms with Gasteiger partial charge in [0.15, 0.2) is 11.5 Å². The summed E-state index contributed by atoms with van der Waals surface area (Å²) < 4.78 is 218. The number of hydrogen-bond acceptors (Lipinski definition) is 9. The van der Waals surface area contributed by atoms with Crippen molar-refractivity contribution in [1.29, 1.82) is 0 Å². The predicted molar refractivity (Wildman–Crippen MR) is 282 cm³/mol. The molecule has 3 aromatic heterocycles. The molecule has 3 heterocycles. The minimum atomic E-state index is -6.14. The van der Waals surface area contributed by atoms with E-state index in [-0.39, 0.29) is 23.3 Å². The molecule has 0 amide bonds. The van der Waals surface area contributed by atoms with E-state index in [9.17, 15) is 84.6 Å². The lowest BCUT2D eigenvalue weighted by atomic mass is 9.92. The summed E-state index contributed by atoms with van der Waals surface area (Å²) in [5.41, 5.74) is -6.46. The molecule has 82 heavy (non-hydrogen) atoms. The van der Waals surface area contributed by atoms with Crippen molar-refractivity contribution < 1.29 is 99.2 Å². The minimum Gasteiger partial charge on any atom is -0.478 e. The Kier molecular flexibility index (Phi) is 21.4. The van der Waals surface area contributed by atoms with Gasteiger partial charge >= 0.3 is 52.5 Å². The number of hydrogen-bond donors (Lipinski definition) is 2. The molecule has 0 saturated carbocycles. The number of carboxylic acids is 1. The normalized spacial score (nSPS) is 13.4. The number of halogens is 21. The smallest absolute Gasteiger partial charge is 0.433 e. The van der Waals surface area contributed by atoms with E-state index in [2.05, 4.69) is 56.3 Å². The Morgan fingerprint density at radius 3 is 1.29 bits per heavy atom. The van der Waals surface area contributed by atoms with E-state index in [0.29, 0.717) is 34.2 Å². The number of nitrogens with two attached hydrogens (primary N) is 1. The number of ketones is 1. The van der Waals surface area contributed by atoms with Crippen LogP contribution in [0.2, 0.25) is 0 Å². The van der Waals surface area contributed by atoms with Gasteiger partial charge in [-0.05, 0) is 156 Å². The number of alkyl halides is 18. The van der Waals surface area contributed by atoms with Crippen LogP contribution in [0.3, 0.4) is 0 Å². The third kappa shape index (κ3) is 15.6. The number of aromatic nitrogens is 3. The summed E-state index contributed by atoms with van der Waals surface area (Å²) in [5, 5.41) is 10.6. The van der Waals surface area contributed by atoms with Crippen LogP contribution in [0.4, 0.5) is 75.9 Å². The van der Waals surface area contributed by atoms with Gasteiger partial charge in [-0.25, -0.2) is 13.6 Å². The second-order valence-electron chi connectivity index (χ2n) is 16.3. The summed E-state index contributed by atoms with van der Waals surface area (Å²) in [4.78, 5) is 36.3. The maximum absolute atomic E-state index is 14.8. The molecule has 0 spiro atoms. The van der Waals surface area contributed by atoms with E-state index >= 15 is 0 Å². The number of anilines is 1. The molecule has 436 valence electrons. The maximum Gasteiger partial charge on any atom is 0.433 e. The van der Waals surface area contributed by atoms with E-state index < -0.39 is 107 Å². The molecule has 10 nitrogen and oxygen atoms in total. The van der Waals surface area contributed by atoms with Crippen LogP contribution < -0.4 is 15.2 Å². The molecule has 0 aliphatic carbocycles. The Labute approximate surface area is 488 Å². The van der Waals surface area contributed by atoms with Crippen molar-refractivity contribution in [2.45, 2.75) is 53.0 Å². The zero-order valence-electron chi connectivity index (χ0n) is 39.9. The van der Waals surface area contributed by atoms with E-state index in [1.165, 1.54) is 56.3 Å². The summed E-state index contributed by atoms with van der Waals surface area (Å²) in [6, 6.07) is 25.8. The first-order chi connectivity index (χ1) is 37.9. The molecule has 0 radical (unpaired) electrons. The number of ether oxygens (including phenoxy) is 2. The van der Waals surface area contributed by atoms with Gasteiger partial charge in [0.1, 0.15) is 5.75 Å². The van der Waals surface area contributed by atoms with Crippen molar-refractivity contribution in [1.82, 2.24) is 15.0 Å². The molecule has 2 unspecified atom stereocenters. The summed E-state index contributed by atoms with van der Waals surface area (Å²) in [6.45, 7) is -7.11. The van der Waals surface area contributed by atoms with Crippen molar-refractivity contribution >= 4 is 131 Å². The van der Waals surface area contributed by atoms with Gasteiger partial charge in [-0.1, -0.05) is 34.1 Å². The molecule has 0 saturated heterocycles. The van der Waals surface area contributed by atoms with Crippen LogP contribution in [0, 0.1) is 0 Å². The number of fused-ring (bicyclic) bond motifs is 3. The van der Waals surface area contributed by atoms with Gasteiger partial charge in [-0.2, -0.15) is 61.5 Å². The van der Waals surface area contributed by atoms with Crippen molar-refractivity contribution in [2.24, 2.45) is 0 Å². The number of rotatable bonds is 13. The third-order valence-corrected chi connectivity index (χ3v) is 13.7. The Hall–Kier alpha value is -6.37. The average molecular weight is 1450 g/mol. The molecule has 0 bridgehead atoms. The quantitative estimate of drug-likeness (QED) is 0.0375. The molecule has 0 fully saturated rings. The van der Waals surface area contributed by atoms with Crippen LogP contribution in [0.15, 0.2) is 143 Å². The van der Waals surface area contributed by atoms with Gasteiger partial charge in [0.25, 0.3) is 5.24 Å². The van der Waals surface area contributed by atoms with E-state index in [1.807, 2.05) is 18.2 Å². The van der Waals surface area contributed by atoms with Crippen LogP contribution in [0.5, 0.6) is 11.5 Å². The Balaban J connectivity index is 0.000000218. The summed E-state index contributed by atoms with van der Waals surface area (Å²) in [7, 11) is 0. The monoisotopic (exact) mass is 1450 g/mol. The molecule has 5 aromatic carbocycles. The van der Waals surface area contributed by atoms with Crippen molar-refractivity contribution in [3.8, 4) is 11.5 Å². The maximum atomic E-state index is 14.8. The number of nitrogens with zero attached hydrogens (tertiary/aromatic N) is 3. The SMILES string of the molecule is Nc1c(Br)cc(C(F)(C(F)(F)F)C(F)(F)Br)cc1OC(F)F.O=C(Cc1c(Br)cc(C(F)(C(F)(F)F)C(F)(F)Br)cc1OC(F)F)c1ccc2ncccc2c1.O=C(Cl)c1ccc2ncccc2c1.O=C(O)c1ccc2ncccc2c1. The van der Waals surface area contributed by atoms with Gasteiger partial charge < -0.3 is 20.3 Å². The van der Waals surface area contributed by atoms with Crippen molar-refractivity contribution in [2.75, 3.05) is 5.73 Å². The topological polar surface area (TPSA) is 155 Å². The lowest BCUT2D eigenvalue weighted by molar-refractivity contribution is -0.282. The molecule has 0 aliphatic heterocycles. The van der Waals surface area contributed by atoms with Crippen LogP contribution in [-0.2, 0) is 17.8 Å². The first kappa shape index (κ1) is 66.4. The van der Waals surface area contributed by atoms with Crippen LogP contribution in [0.1, 0.15) is 47.8 Å². The molecule has 0 aliphatic rings. The van der Waals surface area contributed by atoms with Crippen LogP contribution in [-0.4, -0.2) is 72.3 Å².